The van der Waals surface area contributed by atoms with Gasteiger partial charge in [-0.25, -0.2) is 0 Å². The van der Waals surface area contributed by atoms with E-state index in [1.54, 1.807) is 19.2 Å². The molecular formula is C19H24ClNO2S2. The number of benzene rings is 1. The molecule has 1 aromatic rings. The fourth-order valence-electron chi connectivity index (χ4n) is 4.81. The van der Waals surface area contributed by atoms with Crippen LogP contribution in [0.3, 0.4) is 0 Å². The fraction of sp³-hybridized carbons (Fsp3) is 0.632. The number of thioether (sulfide) groups is 2. The third-order valence-corrected chi connectivity index (χ3v) is 10.2. The van der Waals surface area contributed by atoms with Crippen molar-refractivity contribution in [1.82, 2.24) is 0 Å². The van der Waals surface area contributed by atoms with Crippen molar-refractivity contribution in [3.63, 3.8) is 0 Å². The molecule has 1 aliphatic heterocycles. The summed E-state index contributed by atoms with van der Waals surface area (Å²) in [6.07, 6.45) is 5.97. The van der Waals surface area contributed by atoms with Crippen LogP contribution in [0.2, 0.25) is 5.02 Å². The molecule has 1 amide bonds. The van der Waals surface area contributed by atoms with E-state index in [2.05, 4.69) is 28.8 Å². The Kier molecular flexibility index (Phi) is 5.18. The van der Waals surface area contributed by atoms with Gasteiger partial charge in [0.25, 0.3) is 0 Å². The van der Waals surface area contributed by atoms with Crippen molar-refractivity contribution in [3.8, 4) is 5.75 Å². The second kappa shape index (κ2) is 7.24. The van der Waals surface area contributed by atoms with Crippen LogP contribution in [0.15, 0.2) is 18.2 Å². The van der Waals surface area contributed by atoms with Gasteiger partial charge in [0, 0.05) is 23.1 Å². The summed E-state index contributed by atoms with van der Waals surface area (Å²) in [6, 6.07) is 5.43. The predicted molar refractivity (Wildman–Crippen MR) is 108 cm³/mol. The van der Waals surface area contributed by atoms with Gasteiger partial charge in [-0.15, -0.1) is 23.5 Å². The van der Waals surface area contributed by atoms with Crippen LogP contribution in [0.1, 0.15) is 32.1 Å². The Balaban J connectivity index is 1.46. The average molecular weight is 398 g/mol. The molecule has 3 nitrogen and oxygen atoms in total. The molecule has 2 atom stereocenters. The summed E-state index contributed by atoms with van der Waals surface area (Å²) in [4.78, 5) is 12.9. The molecule has 1 heterocycles. The molecule has 136 valence electrons. The number of carbonyl (C=O) groups is 1. The van der Waals surface area contributed by atoms with E-state index in [-0.39, 0.29) is 11.8 Å². The first-order chi connectivity index (χ1) is 12.1. The Hall–Kier alpha value is -0.520. The van der Waals surface area contributed by atoms with E-state index in [4.69, 9.17) is 16.3 Å². The number of amides is 1. The normalized spacial score (nSPS) is 30.2. The van der Waals surface area contributed by atoms with Gasteiger partial charge in [-0.3, -0.25) is 4.79 Å². The molecule has 1 aromatic carbocycles. The lowest BCUT2D eigenvalue weighted by Gasteiger charge is -2.52. The maximum atomic E-state index is 12.9. The summed E-state index contributed by atoms with van der Waals surface area (Å²) < 4.78 is 5.59. The molecular weight excluding hydrogens is 374 g/mol. The average Bonchev–Trinajstić information content (AvgIpc) is 3.04. The standard InChI is InChI=1S/C19H24ClNO2S2/c1-23-17-6-5-15(11-16(17)20)21-18(22)12-9-13-3-2-4-14(10-12)19(13)24-7-8-25-19/h5-6,11-14H,2-4,7-10H2,1H3,(H,21,22). The zero-order valence-corrected chi connectivity index (χ0v) is 16.8. The highest BCUT2D eigenvalue weighted by atomic mass is 35.5. The summed E-state index contributed by atoms with van der Waals surface area (Å²) in [5, 5.41) is 3.61. The van der Waals surface area contributed by atoms with Gasteiger partial charge in [-0.1, -0.05) is 18.0 Å². The first kappa shape index (κ1) is 17.9. The molecule has 0 aromatic heterocycles. The van der Waals surface area contributed by atoms with Crippen LogP contribution in [0.25, 0.3) is 0 Å². The van der Waals surface area contributed by atoms with E-state index < -0.39 is 0 Å². The van der Waals surface area contributed by atoms with E-state index >= 15 is 0 Å². The summed E-state index contributed by atoms with van der Waals surface area (Å²) >= 11 is 10.5. The van der Waals surface area contributed by atoms with Gasteiger partial charge in [0.15, 0.2) is 0 Å². The largest absolute Gasteiger partial charge is 0.495 e. The number of nitrogens with one attached hydrogen (secondary N) is 1. The Morgan fingerprint density at radius 3 is 2.52 bits per heavy atom. The molecule has 1 saturated heterocycles. The number of carbonyl (C=O) groups excluding carboxylic acids is 1. The van der Waals surface area contributed by atoms with Gasteiger partial charge in [0.05, 0.1) is 16.2 Å². The van der Waals surface area contributed by atoms with Crippen molar-refractivity contribution in [2.45, 2.75) is 36.2 Å². The van der Waals surface area contributed by atoms with Crippen LogP contribution in [0, 0.1) is 17.8 Å². The van der Waals surface area contributed by atoms with Gasteiger partial charge >= 0.3 is 0 Å². The Bertz CT molecular complexity index is 647. The molecule has 2 unspecified atom stereocenters. The first-order valence-corrected chi connectivity index (χ1v) is 11.4. The number of anilines is 1. The Labute approximate surface area is 163 Å². The van der Waals surface area contributed by atoms with Crippen LogP contribution in [-0.2, 0) is 4.79 Å². The minimum absolute atomic E-state index is 0.128. The summed E-state index contributed by atoms with van der Waals surface area (Å²) in [7, 11) is 1.59. The first-order valence-electron chi connectivity index (χ1n) is 9.04. The van der Waals surface area contributed by atoms with Crippen LogP contribution >= 0.6 is 35.1 Å². The van der Waals surface area contributed by atoms with Crippen molar-refractivity contribution >= 4 is 46.7 Å². The summed E-state index contributed by atoms with van der Waals surface area (Å²) in [5.41, 5.74) is 0.755. The summed E-state index contributed by atoms with van der Waals surface area (Å²) in [6.45, 7) is 0. The highest BCUT2D eigenvalue weighted by molar-refractivity contribution is 8.21. The second-order valence-corrected chi connectivity index (χ2v) is 10.7. The maximum Gasteiger partial charge on any atom is 0.227 e. The minimum Gasteiger partial charge on any atom is -0.495 e. The molecule has 2 bridgehead atoms. The highest BCUT2D eigenvalue weighted by Crippen LogP contribution is 2.64. The van der Waals surface area contributed by atoms with Crippen molar-refractivity contribution in [2.75, 3.05) is 23.9 Å². The molecule has 2 saturated carbocycles. The van der Waals surface area contributed by atoms with Crippen LogP contribution in [0.4, 0.5) is 5.69 Å². The number of ether oxygens (including phenoxy) is 1. The molecule has 25 heavy (non-hydrogen) atoms. The molecule has 2 aliphatic carbocycles. The zero-order chi connectivity index (χ0) is 17.4. The lowest BCUT2D eigenvalue weighted by atomic mass is 9.67. The van der Waals surface area contributed by atoms with Crippen LogP contribution < -0.4 is 10.1 Å². The molecule has 4 rings (SSSR count). The van der Waals surface area contributed by atoms with Gasteiger partial charge < -0.3 is 10.1 Å². The van der Waals surface area contributed by atoms with E-state index in [1.165, 1.54) is 30.8 Å². The zero-order valence-electron chi connectivity index (χ0n) is 14.4. The second-order valence-electron chi connectivity index (χ2n) is 7.25. The van der Waals surface area contributed by atoms with Crippen LogP contribution in [0.5, 0.6) is 5.75 Å². The van der Waals surface area contributed by atoms with E-state index in [9.17, 15) is 4.79 Å². The fourth-order valence-corrected chi connectivity index (χ4v) is 9.01. The van der Waals surface area contributed by atoms with E-state index in [1.807, 2.05) is 6.07 Å². The molecule has 6 heteroatoms. The predicted octanol–water partition coefficient (Wildman–Crippen LogP) is 5.29. The molecule has 1 N–H and O–H groups in total. The minimum atomic E-state index is 0.128. The van der Waals surface area contributed by atoms with Crippen molar-refractivity contribution in [3.05, 3.63) is 23.2 Å². The Morgan fingerprint density at radius 1 is 1.24 bits per heavy atom. The quantitative estimate of drug-likeness (QED) is 0.752. The number of methoxy groups -OCH3 is 1. The maximum absolute atomic E-state index is 12.9. The van der Waals surface area contributed by atoms with Gasteiger partial charge in [0.2, 0.25) is 5.91 Å². The number of halogens is 1. The lowest BCUT2D eigenvalue weighted by molar-refractivity contribution is -0.122. The number of hydrogen-bond acceptors (Lipinski definition) is 4. The number of rotatable bonds is 3. The Morgan fingerprint density at radius 2 is 1.92 bits per heavy atom. The highest BCUT2D eigenvalue weighted by Gasteiger charge is 2.55. The summed E-state index contributed by atoms with van der Waals surface area (Å²) in [5.74, 6) is 4.84. The lowest BCUT2D eigenvalue weighted by Crippen LogP contribution is -2.48. The SMILES string of the molecule is COc1ccc(NC(=O)C2CC3CCCC(C2)C32SCCS2)cc1Cl. The third kappa shape index (κ3) is 3.28. The van der Waals surface area contributed by atoms with E-state index in [0.717, 1.165) is 18.5 Å². The van der Waals surface area contributed by atoms with Gasteiger partial charge in [0.1, 0.15) is 5.75 Å². The molecule has 3 aliphatic rings. The van der Waals surface area contributed by atoms with Crippen molar-refractivity contribution in [2.24, 2.45) is 17.8 Å². The monoisotopic (exact) mass is 397 g/mol. The molecule has 3 fully saturated rings. The van der Waals surface area contributed by atoms with Gasteiger partial charge in [-0.2, -0.15) is 0 Å². The topological polar surface area (TPSA) is 38.3 Å². The van der Waals surface area contributed by atoms with Crippen LogP contribution in [-0.4, -0.2) is 28.6 Å². The third-order valence-electron chi connectivity index (χ3n) is 5.91. The van der Waals surface area contributed by atoms with Crippen molar-refractivity contribution < 1.29 is 9.53 Å². The molecule has 0 radical (unpaired) electrons. The smallest absolute Gasteiger partial charge is 0.227 e. The van der Waals surface area contributed by atoms with Gasteiger partial charge in [-0.05, 0) is 55.7 Å². The number of hydrogen-bond donors (Lipinski definition) is 1. The van der Waals surface area contributed by atoms with Crippen molar-refractivity contribution in [1.29, 1.82) is 0 Å². The van der Waals surface area contributed by atoms with E-state index in [0.29, 0.717) is 26.7 Å². The molecule has 1 spiro atoms.